The highest BCUT2D eigenvalue weighted by Crippen LogP contribution is 2.54. The zero-order valence-corrected chi connectivity index (χ0v) is 14.3. The van der Waals surface area contributed by atoms with Gasteiger partial charge in [0.05, 0.1) is 29.9 Å². The Morgan fingerprint density at radius 1 is 0.800 bits per heavy atom. The van der Waals surface area contributed by atoms with Gasteiger partial charge < -0.3 is 4.74 Å². The van der Waals surface area contributed by atoms with E-state index in [2.05, 4.69) is 0 Å². The molecule has 1 aliphatic rings. The first kappa shape index (κ1) is 14.7. The molecule has 0 spiro atoms. The lowest BCUT2D eigenvalue weighted by molar-refractivity contribution is 0.447. The fourth-order valence-corrected chi connectivity index (χ4v) is 4.12. The number of halogens is 4. The lowest BCUT2D eigenvalue weighted by atomic mass is 10.2. The van der Waals surface area contributed by atoms with Crippen LogP contribution in [-0.4, -0.2) is 0 Å². The zero-order chi connectivity index (χ0) is 14.6. The van der Waals surface area contributed by atoms with E-state index in [-0.39, 0.29) is 0 Å². The summed E-state index contributed by atoms with van der Waals surface area (Å²) in [5.74, 6) is 1.44. The maximum atomic E-state index is 6.17. The Morgan fingerprint density at radius 2 is 1.20 bits per heavy atom. The summed E-state index contributed by atoms with van der Waals surface area (Å²) < 4.78 is 6.00. The molecule has 1 heterocycles. The molecule has 1 aliphatic heterocycles. The van der Waals surface area contributed by atoms with Crippen LogP contribution < -0.4 is 4.74 Å². The van der Waals surface area contributed by atoms with E-state index in [0.29, 0.717) is 20.1 Å². The van der Waals surface area contributed by atoms with Gasteiger partial charge in [-0.05, 0) is 26.0 Å². The number of fused-ring (bicyclic) bond motifs is 2. The summed E-state index contributed by atoms with van der Waals surface area (Å²) in [5, 5.41) is 2.04. The smallest absolute Gasteiger partial charge is 0.145 e. The lowest BCUT2D eigenvalue weighted by Crippen LogP contribution is -2.00. The van der Waals surface area contributed by atoms with Crippen LogP contribution in [0.1, 0.15) is 11.1 Å². The van der Waals surface area contributed by atoms with Gasteiger partial charge in [0.2, 0.25) is 0 Å². The highest BCUT2D eigenvalue weighted by Gasteiger charge is 2.25. The molecular weight excluding hydrogens is 358 g/mol. The largest absolute Gasteiger partial charge is 0.454 e. The highest BCUT2D eigenvalue weighted by atomic mass is 35.5. The monoisotopic (exact) mass is 364 g/mol. The molecule has 0 radical (unpaired) electrons. The summed E-state index contributed by atoms with van der Waals surface area (Å²) in [7, 11) is 0. The minimum atomic E-state index is 0.507. The van der Waals surface area contributed by atoms with E-state index in [4.69, 9.17) is 51.1 Å². The van der Waals surface area contributed by atoms with Gasteiger partial charge in [0.25, 0.3) is 0 Å². The van der Waals surface area contributed by atoms with Crippen LogP contribution >= 0.6 is 58.2 Å². The second-order valence-corrected chi connectivity index (χ2v) is 7.11. The SMILES string of the molecule is Cc1c(Cl)c(Cl)cc2c1Oc1c(cc(Cl)c(Cl)c1C)S2. The van der Waals surface area contributed by atoms with Crippen LogP contribution in [0.15, 0.2) is 21.9 Å². The lowest BCUT2D eigenvalue weighted by Gasteiger charge is -2.24. The van der Waals surface area contributed by atoms with Gasteiger partial charge in [0.1, 0.15) is 11.5 Å². The van der Waals surface area contributed by atoms with Crippen molar-refractivity contribution in [2.75, 3.05) is 0 Å². The Kier molecular flexibility index (Phi) is 3.81. The standard InChI is InChI=1S/C14H8Cl4OS/c1-5-11(17)7(15)3-9-13(5)19-14-6(2)12(18)8(16)4-10(14)20-9/h3-4H,1-2H3. The van der Waals surface area contributed by atoms with Crippen molar-refractivity contribution in [2.24, 2.45) is 0 Å². The molecule has 0 unspecified atom stereocenters. The van der Waals surface area contributed by atoms with Gasteiger partial charge in [0, 0.05) is 11.1 Å². The van der Waals surface area contributed by atoms with Crippen LogP contribution in [0.25, 0.3) is 0 Å². The number of ether oxygens (including phenoxy) is 1. The van der Waals surface area contributed by atoms with E-state index in [1.54, 1.807) is 23.9 Å². The molecule has 0 bridgehead atoms. The van der Waals surface area contributed by atoms with Gasteiger partial charge in [-0.1, -0.05) is 58.2 Å². The van der Waals surface area contributed by atoms with Crippen molar-refractivity contribution in [2.45, 2.75) is 23.6 Å². The molecule has 3 rings (SSSR count). The first-order valence-electron chi connectivity index (χ1n) is 5.73. The summed E-state index contributed by atoms with van der Waals surface area (Å²) >= 11 is 26.1. The van der Waals surface area contributed by atoms with E-state index < -0.39 is 0 Å². The normalized spacial score (nSPS) is 12.7. The molecular formula is C14H8Cl4OS. The third kappa shape index (κ3) is 2.18. The molecule has 0 saturated carbocycles. The molecule has 6 heteroatoms. The van der Waals surface area contributed by atoms with Crippen molar-refractivity contribution in [3.63, 3.8) is 0 Å². The van der Waals surface area contributed by atoms with E-state index in [0.717, 1.165) is 32.4 Å². The molecule has 0 saturated heterocycles. The summed E-state index contributed by atoms with van der Waals surface area (Å²) in [6.45, 7) is 3.76. The van der Waals surface area contributed by atoms with E-state index in [9.17, 15) is 0 Å². The van der Waals surface area contributed by atoms with Crippen LogP contribution in [0.2, 0.25) is 20.1 Å². The predicted octanol–water partition coefficient (Wildman–Crippen LogP) is 7.17. The average Bonchev–Trinajstić information content (AvgIpc) is 2.41. The Labute approximate surface area is 141 Å². The topological polar surface area (TPSA) is 9.23 Å². The predicted molar refractivity (Wildman–Crippen MR) is 86.6 cm³/mol. The molecule has 0 aliphatic carbocycles. The molecule has 1 nitrogen and oxygen atoms in total. The fourth-order valence-electron chi connectivity index (χ4n) is 2.04. The van der Waals surface area contributed by atoms with Crippen LogP contribution in [0.4, 0.5) is 0 Å². The summed E-state index contributed by atoms with van der Waals surface area (Å²) in [6.07, 6.45) is 0. The van der Waals surface area contributed by atoms with E-state index >= 15 is 0 Å². The molecule has 20 heavy (non-hydrogen) atoms. The number of rotatable bonds is 0. The molecule has 2 aromatic carbocycles. The molecule has 104 valence electrons. The minimum Gasteiger partial charge on any atom is -0.454 e. The van der Waals surface area contributed by atoms with Crippen LogP contribution in [-0.2, 0) is 0 Å². The van der Waals surface area contributed by atoms with Crippen molar-refractivity contribution in [1.82, 2.24) is 0 Å². The van der Waals surface area contributed by atoms with E-state index in [1.807, 2.05) is 13.8 Å². The van der Waals surface area contributed by atoms with Crippen molar-refractivity contribution in [3.05, 3.63) is 43.4 Å². The van der Waals surface area contributed by atoms with Crippen molar-refractivity contribution >= 4 is 58.2 Å². The Morgan fingerprint density at radius 3 is 1.60 bits per heavy atom. The van der Waals surface area contributed by atoms with Gasteiger partial charge in [0.15, 0.2) is 0 Å². The Balaban J connectivity index is 2.22. The second-order valence-electron chi connectivity index (χ2n) is 4.45. The van der Waals surface area contributed by atoms with Crippen LogP contribution in [0.3, 0.4) is 0 Å². The third-order valence-electron chi connectivity index (χ3n) is 3.15. The quantitative estimate of drug-likeness (QED) is 0.417. The number of hydrogen-bond acceptors (Lipinski definition) is 2. The summed E-state index contributed by atoms with van der Waals surface area (Å²) in [5.41, 5.74) is 1.63. The van der Waals surface area contributed by atoms with Crippen molar-refractivity contribution in [3.8, 4) is 11.5 Å². The van der Waals surface area contributed by atoms with Gasteiger partial charge in [-0.3, -0.25) is 0 Å². The van der Waals surface area contributed by atoms with Gasteiger partial charge in [-0.15, -0.1) is 0 Å². The van der Waals surface area contributed by atoms with E-state index in [1.165, 1.54) is 0 Å². The van der Waals surface area contributed by atoms with Gasteiger partial charge in [-0.25, -0.2) is 0 Å². The van der Waals surface area contributed by atoms with Crippen molar-refractivity contribution < 1.29 is 4.74 Å². The summed E-state index contributed by atoms with van der Waals surface area (Å²) in [4.78, 5) is 1.84. The molecule has 2 aromatic rings. The number of benzene rings is 2. The number of hydrogen-bond donors (Lipinski definition) is 0. The first-order valence-corrected chi connectivity index (χ1v) is 8.06. The van der Waals surface area contributed by atoms with Gasteiger partial charge >= 0.3 is 0 Å². The Hall–Kier alpha value is -0.250. The third-order valence-corrected chi connectivity index (χ3v) is 5.96. The molecule has 0 N–H and O–H groups in total. The highest BCUT2D eigenvalue weighted by molar-refractivity contribution is 7.99. The summed E-state index contributed by atoms with van der Waals surface area (Å²) in [6, 6.07) is 3.61. The zero-order valence-electron chi connectivity index (χ0n) is 10.5. The van der Waals surface area contributed by atoms with Crippen LogP contribution in [0.5, 0.6) is 11.5 Å². The Bertz CT molecular complexity index is 681. The van der Waals surface area contributed by atoms with Gasteiger partial charge in [-0.2, -0.15) is 0 Å². The molecule has 0 amide bonds. The minimum absolute atomic E-state index is 0.507. The fraction of sp³-hybridized carbons (Fsp3) is 0.143. The van der Waals surface area contributed by atoms with Crippen molar-refractivity contribution in [1.29, 1.82) is 0 Å². The maximum Gasteiger partial charge on any atom is 0.145 e. The molecule has 0 fully saturated rings. The first-order chi connectivity index (χ1) is 9.40. The maximum absolute atomic E-state index is 6.17. The van der Waals surface area contributed by atoms with Crippen LogP contribution in [0, 0.1) is 13.8 Å². The second kappa shape index (κ2) is 5.19. The average molecular weight is 366 g/mol. The molecule has 0 atom stereocenters. The molecule has 0 aromatic heterocycles.